The third-order valence-electron chi connectivity index (χ3n) is 2.62. The number of hydrogen-bond acceptors (Lipinski definition) is 3. The van der Waals surface area contributed by atoms with Crippen LogP contribution in [0.2, 0.25) is 0 Å². The van der Waals surface area contributed by atoms with Crippen LogP contribution in [0.15, 0.2) is 0 Å². The first-order valence-corrected chi connectivity index (χ1v) is 5.24. The van der Waals surface area contributed by atoms with Crippen LogP contribution in [0.5, 0.6) is 0 Å². The van der Waals surface area contributed by atoms with Crippen LogP contribution in [0.3, 0.4) is 0 Å². The lowest BCUT2D eigenvalue weighted by Gasteiger charge is -2.32. The molecule has 0 heterocycles. The molecule has 0 aliphatic rings. The maximum Gasteiger partial charge on any atom is 0.255 e. The third-order valence-corrected chi connectivity index (χ3v) is 2.62. The molecule has 0 aromatic heterocycles. The summed E-state index contributed by atoms with van der Waals surface area (Å²) in [6.07, 6.45) is -2.14. The fourth-order valence-electron chi connectivity index (χ4n) is 1.32. The summed E-state index contributed by atoms with van der Waals surface area (Å²) in [4.78, 5) is 13.0. The van der Waals surface area contributed by atoms with Crippen molar-refractivity contribution in [3.63, 3.8) is 0 Å². The van der Waals surface area contributed by atoms with Crippen LogP contribution in [0.4, 0.5) is 8.78 Å². The van der Waals surface area contributed by atoms with Gasteiger partial charge in [0.05, 0.1) is 6.54 Å². The van der Waals surface area contributed by atoms with Crippen molar-refractivity contribution < 1.29 is 18.3 Å². The average Bonchev–Trinajstić information content (AvgIpc) is 2.26. The molecular formula is C10H20F2N2O2. The molecule has 0 fully saturated rings. The summed E-state index contributed by atoms with van der Waals surface area (Å²) >= 11 is 0. The molecule has 1 atom stereocenters. The molecule has 0 aromatic carbocycles. The van der Waals surface area contributed by atoms with Gasteiger partial charge in [0.2, 0.25) is 0 Å². The molecule has 16 heavy (non-hydrogen) atoms. The second kappa shape index (κ2) is 6.75. The van der Waals surface area contributed by atoms with E-state index in [1.807, 2.05) is 0 Å². The molecule has 0 spiro atoms. The zero-order valence-electron chi connectivity index (χ0n) is 10.0. The molecule has 2 N–H and O–H groups in total. The van der Waals surface area contributed by atoms with Crippen molar-refractivity contribution in [3.05, 3.63) is 0 Å². The fourth-order valence-corrected chi connectivity index (χ4v) is 1.32. The van der Waals surface area contributed by atoms with E-state index in [2.05, 4.69) is 0 Å². The number of carbonyl (C=O) groups excluding carboxylic acids is 1. The minimum absolute atomic E-state index is 0.113. The van der Waals surface area contributed by atoms with E-state index in [1.54, 1.807) is 13.8 Å². The van der Waals surface area contributed by atoms with Crippen molar-refractivity contribution in [2.24, 2.45) is 5.73 Å². The van der Waals surface area contributed by atoms with Gasteiger partial charge >= 0.3 is 0 Å². The van der Waals surface area contributed by atoms with Gasteiger partial charge in [-0.1, -0.05) is 6.92 Å². The molecule has 0 aliphatic heterocycles. The van der Waals surface area contributed by atoms with Gasteiger partial charge in [-0.3, -0.25) is 4.79 Å². The van der Waals surface area contributed by atoms with Crippen molar-refractivity contribution in [1.82, 2.24) is 4.90 Å². The Kier molecular flexibility index (Phi) is 6.43. The summed E-state index contributed by atoms with van der Waals surface area (Å²) in [6.45, 7) is 3.02. The van der Waals surface area contributed by atoms with Gasteiger partial charge in [-0.25, -0.2) is 8.78 Å². The van der Waals surface area contributed by atoms with E-state index >= 15 is 0 Å². The standard InChI is InChI=1S/C10H20F2N2O2/c1-4-10(2,16-3)9(15)14(6-5-13)7-8(11)12/h8H,4-7,13H2,1-3H3. The summed E-state index contributed by atoms with van der Waals surface area (Å²) in [6, 6.07) is 0. The van der Waals surface area contributed by atoms with E-state index in [0.29, 0.717) is 6.42 Å². The minimum atomic E-state index is -2.56. The first-order valence-electron chi connectivity index (χ1n) is 5.24. The molecule has 0 rings (SSSR count). The van der Waals surface area contributed by atoms with E-state index in [9.17, 15) is 13.6 Å². The molecule has 0 radical (unpaired) electrons. The molecule has 1 unspecified atom stereocenters. The Morgan fingerprint density at radius 1 is 1.56 bits per heavy atom. The first-order chi connectivity index (χ1) is 7.41. The number of rotatable bonds is 7. The molecule has 0 bridgehead atoms. The molecule has 6 heteroatoms. The van der Waals surface area contributed by atoms with Crippen molar-refractivity contribution in [1.29, 1.82) is 0 Å². The highest BCUT2D eigenvalue weighted by Crippen LogP contribution is 2.18. The lowest BCUT2D eigenvalue weighted by Crippen LogP contribution is -2.50. The van der Waals surface area contributed by atoms with Crippen LogP contribution in [-0.4, -0.2) is 49.6 Å². The number of halogens is 2. The average molecular weight is 238 g/mol. The fraction of sp³-hybridized carbons (Fsp3) is 0.900. The Morgan fingerprint density at radius 3 is 2.44 bits per heavy atom. The van der Waals surface area contributed by atoms with Crippen molar-refractivity contribution in [2.45, 2.75) is 32.3 Å². The van der Waals surface area contributed by atoms with Crippen LogP contribution in [-0.2, 0) is 9.53 Å². The maximum absolute atomic E-state index is 12.3. The minimum Gasteiger partial charge on any atom is -0.369 e. The maximum atomic E-state index is 12.3. The molecule has 4 nitrogen and oxygen atoms in total. The summed E-state index contributed by atoms with van der Waals surface area (Å²) in [5, 5.41) is 0. The molecule has 96 valence electrons. The van der Waals surface area contributed by atoms with Gasteiger partial charge in [-0.2, -0.15) is 0 Å². The Morgan fingerprint density at radius 2 is 2.12 bits per heavy atom. The number of nitrogens with zero attached hydrogens (tertiary/aromatic N) is 1. The van der Waals surface area contributed by atoms with Gasteiger partial charge < -0.3 is 15.4 Å². The lowest BCUT2D eigenvalue weighted by molar-refractivity contribution is -0.155. The number of nitrogens with two attached hydrogens (primary N) is 1. The number of amides is 1. The Balaban J connectivity index is 4.70. The SMILES string of the molecule is CCC(C)(OC)C(=O)N(CCN)CC(F)F. The molecule has 1 amide bonds. The number of methoxy groups -OCH3 is 1. The van der Waals surface area contributed by atoms with Crippen molar-refractivity contribution in [3.8, 4) is 0 Å². The largest absolute Gasteiger partial charge is 0.369 e. The second-order valence-electron chi connectivity index (χ2n) is 3.72. The van der Waals surface area contributed by atoms with Gasteiger partial charge in [-0.05, 0) is 13.3 Å². The smallest absolute Gasteiger partial charge is 0.255 e. The highest BCUT2D eigenvalue weighted by Gasteiger charge is 2.35. The zero-order valence-corrected chi connectivity index (χ0v) is 10.0. The highest BCUT2D eigenvalue weighted by molar-refractivity contribution is 5.84. The highest BCUT2D eigenvalue weighted by atomic mass is 19.3. The Bertz CT molecular complexity index is 221. The topological polar surface area (TPSA) is 55.6 Å². The summed E-state index contributed by atoms with van der Waals surface area (Å²) in [5.74, 6) is -0.441. The van der Waals surface area contributed by atoms with E-state index in [1.165, 1.54) is 7.11 Å². The van der Waals surface area contributed by atoms with Crippen LogP contribution < -0.4 is 5.73 Å². The van der Waals surface area contributed by atoms with E-state index in [0.717, 1.165) is 4.90 Å². The van der Waals surface area contributed by atoms with Crippen LogP contribution in [0.1, 0.15) is 20.3 Å². The molecule has 0 saturated heterocycles. The van der Waals surface area contributed by atoms with Gasteiger partial charge in [0.1, 0.15) is 5.60 Å². The lowest BCUT2D eigenvalue weighted by atomic mass is 10.0. The summed E-state index contributed by atoms with van der Waals surface area (Å²) in [7, 11) is 1.39. The van der Waals surface area contributed by atoms with Crippen LogP contribution in [0.25, 0.3) is 0 Å². The monoisotopic (exact) mass is 238 g/mol. The third kappa shape index (κ3) is 4.02. The van der Waals surface area contributed by atoms with Gasteiger partial charge in [0.25, 0.3) is 12.3 Å². The number of hydrogen-bond donors (Lipinski definition) is 1. The molecule has 0 saturated carbocycles. The van der Waals surface area contributed by atoms with E-state index in [-0.39, 0.29) is 13.1 Å². The van der Waals surface area contributed by atoms with E-state index < -0.39 is 24.5 Å². The van der Waals surface area contributed by atoms with Crippen LogP contribution >= 0.6 is 0 Å². The Labute approximate surface area is 94.7 Å². The van der Waals surface area contributed by atoms with Crippen LogP contribution in [0, 0.1) is 0 Å². The van der Waals surface area contributed by atoms with Crippen molar-refractivity contribution in [2.75, 3.05) is 26.7 Å². The predicted octanol–water partition coefficient (Wildman–Crippen LogP) is 0.854. The van der Waals surface area contributed by atoms with Gasteiger partial charge in [0.15, 0.2) is 0 Å². The molecule has 0 aromatic rings. The van der Waals surface area contributed by atoms with E-state index in [4.69, 9.17) is 10.5 Å². The zero-order chi connectivity index (χ0) is 12.8. The summed E-state index contributed by atoms with van der Waals surface area (Å²) in [5.41, 5.74) is 4.24. The van der Waals surface area contributed by atoms with Crippen molar-refractivity contribution >= 4 is 5.91 Å². The van der Waals surface area contributed by atoms with Gasteiger partial charge in [-0.15, -0.1) is 0 Å². The number of alkyl halides is 2. The molecular weight excluding hydrogens is 218 g/mol. The Hall–Kier alpha value is -0.750. The number of ether oxygens (including phenoxy) is 1. The first kappa shape index (κ1) is 15.2. The molecule has 0 aliphatic carbocycles. The summed E-state index contributed by atoms with van der Waals surface area (Å²) < 4.78 is 29.7. The quantitative estimate of drug-likeness (QED) is 0.715. The van der Waals surface area contributed by atoms with Gasteiger partial charge in [0, 0.05) is 20.2 Å². The number of carbonyl (C=O) groups is 1. The predicted molar refractivity (Wildman–Crippen MR) is 57.3 cm³/mol. The second-order valence-corrected chi connectivity index (χ2v) is 3.72. The normalized spacial score (nSPS) is 14.9.